The van der Waals surface area contributed by atoms with Crippen LogP contribution in [0.15, 0.2) is 18.2 Å². The molecule has 0 spiro atoms. The minimum atomic E-state index is -0.285. The van der Waals surface area contributed by atoms with E-state index in [9.17, 15) is 9.59 Å². The Morgan fingerprint density at radius 1 is 1.45 bits per heavy atom. The first kappa shape index (κ1) is 13.1. The number of hydrogen-bond donors (Lipinski definition) is 1. The van der Waals surface area contributed by atoms with Gasteiger partial charge in [0.2, 0.25) is 0 Å². The van der Waals surface area contributed by atoms with E-state index in [1.54, 1.807) is 25.3 Å². The second kappa shape index (κ2) is 4.90. The summed E-state index contributed by atoms with van der Waals surface area (Å²) in [7, 11) is 1.66. The first-order chi connectivity index (χ1) is 9.62. The first-order valence-corrected chi connectivity index (χ1v) is 6.77. The van der Waals surface area contributed by atoms with Crippen molar-refractivity contribution in [1.82, 2.24) is 0 Å². The van der Waals surface area contributed by atoms with Gasteiger partial charge in [0.05, 0.1) is 11.3 Å². The lowest BCUT2D eigenvalue weighted by Crippen LogP contribution is -2.41. The van der Waals surface area contributed by atoms with Crippen molar-refractivity contribution in [3.63, 3.8) is 0 Å². The molecule has 1 aromatic rings. The number of amides is 1. The fourth-order valence-electron chi connectivity index (χ4n) is 2.68. The highest BCUT2D eigenvalue weighted by molar-refractivity contribution is 6.01. The lowest BCUT2D eigenvalue weighted by Gasteiger charge is -2.40. The van der Waals surface area contributed by atoms with Gasteiger partial charge in [-0.2, -0.15) is 0 Å². The van der Waals surface area contributed by atoms with Crippen molar-refractivity contribution in [3.05, 3.63) is 23.8 Å². The zero-order valence-corrected chi connectivity index (χ0v) is 11.4. The molecule has 0 aromatic heterocycles. The Morgan fingerprint density at radius 2 is 2.25 bits per heavy atom. The Kier molecular flexibility index (Phi) is 3.22. The van der Waals surface area contributed by atoms with Gasteiger partial charge in [-0.05, 0) is 37.5 Å². The molecule has 1 aliphatic heterocycles. The molecule has 106 valence electrons. The number of rotatable bonds is 4. The number of hydrogen-bond acceptors (Lipinski definition) is 4. The highest BCUT2D eigenvalue weighted by atomic mass is 16.5. The normalized spacial score (nSPS) is 19.4. The molecule has 20 heavy (non-hydrogen) atoms. The molecule has 1 fully saturated rings. The molecule has 1 heterocycles. The monoisotopic (exact) mass is 275 g/mol. The van der Waals surface area contributed by atoms with Crippen LogP contribution >= 0.6 is 0 Å². The second-order valence-corrected chi connectivity index (χ2v) is 5.39. The van der Waals surface area contributed by atoms with Gasteiger partial charge in [-0.3, -0.25) is 9.59 Å². The van der Waals surface area contributed by atoms with Crippen molar-refractivity contribution in [2.75, 3.05) is 19.0 Å². The Balaban J connectivity index is 1.78. The van der Waals surface area contributed by atoms with Crippen molar-refractivity contribution in [2.24, 2.45) is 0 Å². The molecule has 3 rings (SSSR count). The van der Waals surface area contributed by atoms with Crippen LogP contribution in [0.4, 0.5) is 5.69 Å². The van der Waals surface area contributed by atoms with E-state index in [1.807, 2.05) is 0 Å². The summed E-state index contributed by atoms with van der Waals surface area (Å²) in [6, 6.07) is 5.14. The number of fused-ring (bicyclic) bond motifs is 1. The number of ketones is 1. The molecule has 5 heteroatoms. The van der Waals surface area contributed by atoms with Gasteiger partial charge in [0, 0.05) is 19.1 Å². The lowest BCUT2D eigenvalue weighted by molar-refractivity contribution is -0.118. The fourth-order valence-corrected chi connectivity index (χ4v) is 2.68. The number of nitrogens with one attached hydrogen (secondary N) is 1. The van der Waals surface area contributed by atoms with Crippen LogP contribution in [0.3, 0.4) is 0 Å². The predicted molar refractivity (Wildman–Crippen MR) is 73.1 cm³/mol. The summed E-state index contributed by atoms with van der Waals surface area (Å²) in [5.41, 5.74) is 0.859. The molecular formula is C15H17NO4. The van der Waals surface area contributed by atoms with Crippen LogP contribution in [0.5, 0.6) is 5.75 Å². The summed E-state index contributed by atoms with van der Waals surface area (Å²) in [6.07, 6.45) is 3.35. The average Bonchev–Trinajstić information content (AvgIpc) is 2.41. The van der Waals surface area contributed by atoms with Crippen molar-refractivity contribution in [2.45, 2.75) is 31.3 Å². The SMILES string of the molecule is COC1(CC(=O)c2ccc3c(c2)NC(=O)CO3)CCC1. The summed E-state index contributed by atoms with van der Waals surface area (Å²) in [4.78, 5) is 23.6. The Bertz CT molecular complexity index is 557. The minimum Gasteiger partial charge on any atom is -0.482 e. The average molecular weight is 275 g/mol. The van der Waals surface area contributed by atoms with Crippen LogP contribution in [0.2, 0.25) is 0 Å². The van der Waals surface area contributed by atoms with E-state index in [2.05, 4.69) is 5.32 Å². The number of carbonyl (C=O) groups is 2. The Hall–Kier alpha value is -1.88. The molecule has 0 unspecified atom stereocenters. The zero-order chi connectivity index (χ0) is 14.2. The third-order valence-corrected chi connectivity index (χ3v) is 4.11. The molecule has 5 nitrogen and oxygen atoms in total. The number of carbonyl (C=O) groups excluding carboxylic acids is 2. The summed E-state index contributed by atoms with van der Waals surface area (Å²) in [6.45, 7) is 0.0209. The standard InChI is InChI=1S/C15H17NO4/c1-19-15(5-2-6-15)8-12(17)10-3-4-13-11(7-10)16-14(18)9-20-13/h3-4,7H,2,5-6,8-9H2,1H3,(H,16,18). The highest BCUT2D eigenvalue weighted by Gasteiger charge is 2.39. The maximum absolute atomic E-state index is 12.3. The molecule has 1 N–H and O–H groups in total. The summed E-state index contributed by atoms with van der Waals surface area (Å²) >= 11 is 0. The molecule has 0 bridgehead atoms. The van der Waals surface area contributed by atoms with Gasteiger partial charge in [0.25, 0.3) is 5.91 Å². The van der Waals surface area contributed by atoms with E-state index in [0.29, 0.717) is 23.4 Å². The molecule has 0 atom stereocenters. The third-order valence-electron chi connectivity index (χ3n) is 4.11. The predicted octanol–water partition coefficient (Wildman–Crippen LogP) is 2.16. The van der Waals surface area contributed by atoms with Gasteiger partial charge in [-0.1, -0.05) is 0 Å². The maximum Gasteiger partial charge on any atom is 0.262 e. The van der Waals surface area contributed by atoms with Gasteiger partial charge < -0.3 is 14.8 Å². The van der Waals surface area contributed by atoms with Crippen LogP contribution in [0, 0.1) is 0 Å². The summed E-state index contributed by atoms with van der Waals surface area (Å²) < 4.78 is 10.8. The van der Waals surface area contributed by atoms with Crippen molar-refractivity contribution >= 4 is 17.4 Å². The van der Waals surface area contributed by atoms with Crippen molar-refractivity contribution < 1.29 is 19.1 Å². The third kappa shape index (κ3) is 2.29. The molecule has 0 radical (unpaired) electrons. The van der Waals surface area contributed by atoms with Crippen molar-refractivity contribution in [3.8, 4) is 5.75 Å². The smallest absolute Gasteiger partial charge is 0.262 e. The number of ether oxygens (including phenoxy) is 2. The second-order valence-electron chi connectivity index (χ2n) is 5.39. The molecule has 1 aliphatic carbocycles. The van der Waals surface area contributed by atoms with E-state index in [1.165, 1.54) is 0 Å². The molecule has 1 aromatic carbocycles. The van der Waals surface area contributed by atoms with Gasteiger partial charge >= 0.3 is 0 Å². The topological polar surface area (TPSA) is 64.6 Å². The van der Waals surface area contributed by atoms with E-state index in [0.717, 1.165) is 19.3 Å². The van der Waals surface area contributed by atoms with E-state index >= 15 is 0 Å². The zero-order valence-electron chi connectivity index (χ0n) is 11.4. The largest absolute Gasteiger partial charge is 0.482 e. The number of anilines is 1. The van der Waals surface area contributed by atoms with Crippen molar-refractivity contribution in [1.29, 1.82) is 0 Å². The van der Waals surface area contributed by atoms with Crippen LogP contribution in [-0.4, -0.2) is 31.0 Å². The molecule has 1 saturated carbocycles. The number of benzene rings is 1. The molecular weight excluding hydrogens is 258 g/mol. The van der Waals surface area contributed by atoms with Crippen LogP contribution < -0.4 is 10.1 Å². The van der Waals surface area contributed by atoms with Crippen LogP contribution in [0.1, 0.15) is 36.0 Å². The first-order valence-electron chi connectivity index (χ1n) is 6.77. The number of Topliss-reactive ketones (excluding diaryl/α,β-unsaturated/α-hetero) is 1. The fraction of sp³-hybridized carbons (Fsp3) is 0.467. The van der Waals surface area contributed by atoms with Crippen LogP contribution in [0.25, 0.3) is 0 Å². The summed E-state index contributed by atoms with van der Waals surface area (Å²) in [5, 5.41) is 2.71. The Morgan fingerprint density at radius 3 is 2.90 bits per heavy atom. The van der Waals surface area contributed by atoms with E-state index < -0.39 is 0 Å². The van der Waals surface area contributed by atoms with Gasteiger partial charge in [-0.25, -0.2) is 0 Å². The molecule has 1 amide bonds. The van der Waals surface area contributed by atoms with Gasteiger partial charge in [-0.15, -0.1) is 0 Å². The highest BCUT2D eigenvalue weighted by Crippen LogP contribution is 2.39. The number of methoxy groups -OCH3 is 1. The van der Waals surface area contributed by atoms with Gasteiger partial charge in [0.15, 0.2) is 12.4 Å². The molecule has 0 saturated heterocycles. The van der Waals surface area contributed by atoms with Gasteiger partial charge in [0.1, 0.15) is 5.75 Å². The maximum atomic E-state index is 12.3. The lowest BCUT2D eigenvalue weighted by atomic mass is 9.76. The Labute approximate surface area is 117 Å². The van der Waals surface area contributed by atoms with E-state index in [4.69, 9.17) is 9.47 Å². The minimum absolute atomic E-state index is 0.0209. The van der Waals surface area contributed by atoms with E-state index in [-0.39, 0.29) is 23.9 Å². The molecule has 2 aliphatic rings. The summed E-state index contributed by atoms with van der Waals surface area (Å²) in [5.74, 6) is 0.440. The van der Waals surface area contributed by atoms with Crippen LogP contribution in [-0.2, 0) is 9.53 Å². The quantitative estimate of drug-likeness (QED) is 0.855.